The van der Waals surface area contributed by atoms with Crippen LogP contribution in [0.1, 0.15) is 12.5 Å². The van der Waals surface area contributed by atoms with E-state index in [2.05, 4.69) is 6.58 Å². The predicted molar refractivity (Wildman–Crippen MR) is 61.8 cm³/mol. The summed E-state index contributed by atoms with van der Waals surface area (Å²) in [6.07, 6.45) is 0. The Kier molecular flexibility index (Phi) is 4.90. The molecule has 3 nitrogen and oxygen atoms in total. The summed E-state index contributed by atoms with van der Waals surface area (Å²) in [5.41, 5.74) is 2.03. The van der Waals surface area contributed by atoms with Gasteiger partial charge in [0.25, 0.3) is 0 Å². The van der Waals surface area contributed by atoms with E-state index in [1.807, 2.05) is 31.2 Å². The Morgan fingerprint density at radius 2 is 1.56 bits per heavy atom. The zero-order valence-corrected chi connectivity index (χ0v) is 11.8. The van der Waals surface area contributed by atoms with Crippen LogP contribution < -0.4 is 3.87 Å². The van der Waals surface area contributed by atoms with Crippen molar-refractivity contribution in [2.24, 2.45) is 0 Å². The summed E-state index contributed by atoms with van der Waals surface area (Å²) in [5, 5.41) is 0. The third-order valence-corrected chi connectivity index (χ3v) is 6.75. The van der Waals surface area contributed by atoms with Gasteiger partial charge in [-0.3, -0.25) is 0 Å². The van der Waals surface area contributed by atoms with Crippen molar-refractivity contribution in [2.45, 2.75) is 6.92 Å². The SMILES string of the molecule is C=C(C)c1cccc[c]1[Ti]([O]C)([O]C)[O]C. The average molecular weight is 258 g/mol. The molecule has 0 atom stereocenters. The molecule has 0 aliphatic rings. The molecular formula is C12H18O3Ti. The molecular weight excluding hydrogens is 240 g/mol. The van der Waals surface area contributed by atoms with E-state index in [1.54, 1.807) is 21.3 Å². The van der Waals surface area contributed by atoms with E-state index in [-0.39, 0.29) is 0 Å². The maximum atomic E-state index is 5.52. The summed E-state index contributed by atoms with van der Waals surface area (Å²) < 4.78 is 17.5. The third kappa shape index (κ3) is 2.45. The predicted octanol–water partition coefficient (Wildman–Crippen LogP) is 2.18. The first-order valence-electron chi connectivity index (χ1n) is 5.02. The van der Waals surface area contributed by atoms with Crippen LogP contribution in [0.3, 0.4) is 0 Å². The van der Waals surface area contributed by atoms with Gasteiger partial charge in [0.1, 0.15) is 0 Å². The van der Waals surface area contributed by atoms with Crippen LogP contribution in [0, 0.1) is 0 Å². The second-order valence-electron chi connectivity index (χ2n) is 3.49. The molecule has 1 rings (SSSR count). The summed E-state index contributed by atoms with van der Waals surface area (Å²) in [5.74, 6) is 0. The second-order valence-corrected chi connectivity index (χ2v) is 7.99. The maximum absolute atomic E-state index is 5.52. The number of hydrogen-bond acceptors (Lipinski definition) is 3. The number of hydrogen-bond donors (Lipinski definition) is 0. The monoisotopic (exact) mass is 258 g/mol. The van der Waals surface area contributed by atoms with Crippen molar-refractivity contribution in [3.63, 3.8) is 0 Å². The Hall–Kier alpha value is -0.446. The topological polar surface area (TPSA) is 27.7 Å². The molecule has 0 aliphatic carbocycles. The van der Waals surface area contributed by atoms with Gasteiger partial charge in [-0.05, 0) is 0 Å². The van der Waals surface area contributed by atoms with Gasteiger partial charge in [0.2, 0.25) is 0 Å². The van der Waals surface area contributed by atoms with Crippen LogP contribution in [-0.4, -0.2) is 21.3 Å². The van der Waals surface area contributed by atoms with Crippen LogP contribution >= 0.6 is 0 Å². The average Bonchev–Trinajstić information content (AvgIpc) is 2.32. The first-order chi connectivity index (χ1) is 7.61. The van der Waals surface area contributed by atoms with Crippen molar-refractivity contribution < 1.29 is 27.7 Å². The molecule has 16 heavy (non-hydrogen) atoms. The zero-order valence-electron chi connectivity index (χ0n) is 10.2. The molecule has 0 amide bonds. The van der Waals surface area contributed by atoms with Crippen molar-refractivity contribution in [3.8, 4) is 0 Å². The van der Waals surface area contributed by atoms with Gasteiger partial charge in [0.15, 0.2) is 0 Å². The fraction of sp³-hybridized carbons (Fsp3) is 0.333. The Bertz CT molecular complexity index is 364. The third-order valence-electron chi connectivity index (χ3n) is 2.52. The van der Waals surface area contributed by atoms with Gasteiger partial charge in [-0.1, -0.05) is 0 Å². The summed E-state index contributed by atoms with van der Waals surface area (Å²) in [6, 6.07) is 7.93. The molecule has 0 heterocycles. The molecule has 1 aromatic rings. The van der Waals surface area contributed by atoms with Crippen LogP contribution in [0.15, 0.2) is 30.8 Å². The molecule has 0 N–H and O–H groups in total. The summed E-state index contributed by atoms with van der Waals surface area (Å²) in [7, 11) is 4.88. The number of rotatable bonds is 5. The number of allylic oxidation sites excluding steroid dienone is 1. The minimum atomic E-state index is -3.32. The molecule has 88 valence electrons. The van der Waals surface area contributed by atoms with E-state index in [1.165, 1.54) is 0 Å². The van der Waals surface area contributed by atoms with Gasteiger partial charge in [0, 0.05) is 0 Å². The molecule has 0 spiro atoms. The van der Waals surface area contributed by atoms with E-state index in [0.717, 1.165) is 15.0 Å². The molecule has 0 fully saturated rings. The fourth-order valence-electron chi connectivity index (χ4n) is 1.70. The molecule has 0 aromatic heterocycles. The van der Waals surface area contributed by atoms with Crippen LogP contribution in [0.4, 0.5) is 0 Å². The Morgan fingerprint density at radius 1 is 1.06 bits per heavy atom. The quantitative estimate of drug-likeness (QED) is 0.758. The molecule has 0 bridgehead atoms. The van der Waals surface area contributed by atoms with Gasteiger partial charge in [-0.15, -0.1) is 0 Å². The van der Waals surface area contributed by atoms with Crippen molar-refractivity contribution in [1.29, 1.82) is 0 Å². The van der Waals surface area contributed by atoms with Crippen molar-refractivity contribution in [3.05, 3.63) is 36.4 Å². The molecule has 4 heteroatoms. The Morgan fingerprint density at radius 3 is 2.00 bits per heavy atom. The van der Waals surface area contributed by atoms with Gasteiger partial charge >= 0.3 is 102 Å². The summed E-state index contributed by atoms with van der Waals surface area (Å²) in [4.78, 5) is 0. The summed E-state index contributed by atoms with van der Waals surface area (Å²) in [6.45, 7) is 5.93. The van der Waals surface area contributed by atoms with E-state index < -0.39 is 17.8 Å². The van der Waals surface area contributed by atoms with Gasteiger partial charge < -0.3 is 0 Å². The first-order valence-corrected chi connectivity index (χ1v) is 7.71. The van der Waals surface area contributed by atoms with Gasteiger partial charge in [0.05, 0.1) is 0 Å². The Balaban J connectivity index is 3.34. The van der Waals surface area contributed by atoms with Crippen LogP contribution in [0.25, 0.3) is 5.57 Å². The standard InChI is InChI=1S/C9H9.3CH3O.Ti/c1-8(2)9-6-4-3-5-7-9;3*1-2;/h3-6H,1H2,2H3;3*1H3;/q;3*-1;+3. The van der Waals surface area contributed by atoms with E-state index in [0.29, 0.717) is 0 Å². The number of benzene rings is 1. The van der Waals surface area contributed by atoms with Crippen molar-refractivity contribution >= 4 is 9.44 Å². The molecule has 1 aromatic carbocycles. The minimum absolute atomic E-state index is 0.983. The molecule has 0 radical (unpaired) electrons. The van der Waals surface area contributed by atoms with E-state index in [9.17, 15) is 0 Å². The van der Waals surface area contributed by atoms with Crippen LogP contribution in [0.2, 0.25) is 0 Å². The van der Waals surface area contributed by atoms with Crippen LogP contribution in [-0.2, 0) is 27.7 Å². The zero-order chi connectivity index (χ0) is 12.2. The van der Waals surface area contributed by atoms with Crippen molar-refractivity contribution in [1.82, 2.24) is 0 Å². The van der Waals surface area contributed by atoms with Crippen LogP contribution in [0.5, 0.6) is 0 Å². The fourth-order valence-corrected chi connectivity index (χ4v) is 4.96. The normalized spacial score (nSPS) is 11.5. The first kappa shape index (κ1) is 13.6. The van der Waals surface area contributed by atoms with E-state index in [4.69, 9.17) is 9.96 Å². The summed E-state index contributed by atoms with van der Waals surface area (Å²) >= 11 is -3.32. The second kappa shape index (κ2) is 5.76. The molecule has 0 unspecified atom stereocenters. The van der Waals surface area contributed by atoms with Gasteiger partial charge in [-0.25, -0.2) is 0 Å². The molecule has 0 aliphatic heterocycles. The van der Waals surface area contributed by atoms with Gasteiger partial charge in [-0.2, -0.15) is 0 Å². The molecule has 0 saturated carbocycles. The Labute approximate surface area is 102 Å². The van der Waals surface area contributed by atoms with E-state index >= 15 is 0 Å². The van der Waals surface area contributed by atoms with Crippen molar-refractivity contribution in [2.75, 3.05) is 21.3 Å². The molecule has 0 saturated heterocycles.